The highest BCUT2D eigenvalue weighted by Crippen LogP contribution is 1.95. The molecule has 1 nitrogen and oxygen atoms in total. The molecule has 0 spiro atoms. The van der Waals surface area contributed by atoms with Crippen LogP contribution in [0.2, 0.25) is 0 Å². The van der Waals surface area contributed by atoms with Crippen LogP contribution in [0.25, 0.3) is 0 Å². The fourth-order valence-corrected chi connectivity index (χ4v) is 0.400. The normalized spacial score (nSPS) is 11.6. The van der Waals surface area contributed by atoms with Crippen molar-refractivity contribution in [3.8, 4) is 0 Å². The Morgan fingerprint density at radius 2 is 1.73 bits per heavy atom. The maximum absolute atomic E-state index is 5.50. The van der Waals surface area contributed by atoms with Crippen LogP contribution in [0.4, 0.5) is 0 Å². The predicted octanol–water partition coefficient (Wildman–Crippen LogP) is 3.09. The van der Waals surface area contributed by atoms with Gasteiger partial charge in [-0.05, 0) is 18.9 Å². The first-order valence-corrected chi connectivity index (χ1v) is 4.26. The topological polar surface area (TPSA) is 26.0 Å². The van der Waals surface area contributed by atoms with E-state index in [0.29, 0.717) is 5.92 Å². The fourth-order valence-electron chi connectivity index (χ4n) is 0.400. The third kappa shape index (κ3) is 12.5. The van der Waals surface area contributed by atoms with Crippen LogP contribution < -0.4 is 5.73 Å². The molecule has 2 N–H and O–H groups in total. The lowest BCUT2D eigenvalue weighted by Crippen LogP contribution is -1.91. The van der Waals surface area contributed by atoms with Crippen LogP contribution in [0.15, 0.2) is 23.9 Å². The van der Waals surface area contributed by atoms with Crippen molar-refractivity contribution in [1.82, 2.24) is 0 Å². The molecule has 0 atom stereocenters. The van der Waals surface area contributed by atoms with E-state index in [1.54, 1.807) is 0 Å². The Bertz CT molecular complexity index is 121. The van der Waals surface area contributed by atoms with E-state index in [0.717, 1.165) is 5.70 Å². The van der Waals surface area contributed by atoms with Gasteiger partial charge in [0.2, 0.25) is 0 Å². The Kier molecular flexibility index (Phi) is 10.9. The first kappa shape index (κ1) is 12.9. The van der Waals surface area contributed by atoms with Gasteiger partial charge in [-0.25, -0.2) is 0 Å². The summed E-state index contributed by atoms with van der Waals surface area (Å²) in [6, 6.07) is 0. The van der Waals surface area contributed by atoms with Crippen LogP contribution in [0.1, 0.15) is 34.6 Å². The zero-order valence-electron chi connectivity index (χ0n) is 8.39. The van der Waals surface area contributed by atoms with Crippen LogP contribution in [-0.2, 0) is 0 Å². The smallest absolute Gasteiger partial charge is 0.0267 e. The molecule has 0 aliphatic heterocycles. The summed E-state index contributed by atoms with van der Waals surface area (Å²) in [6.45, 7) is 10.2. The van der Waals surface area contributed by atoms with Gasteiger partial charge in [0.25, 0.3) is 0 Å². The summed E-state index contributed by atoms with van der Waals surface area (Å²) in [6.07, 6.45) is 5.90. The molecule has 66 valence electrons. The maximum Gasteiger partial charge on any atom is 0.0267 e. The summed E-state index contributed by atoms with van der Waals surface area (Å²) < 4.78 is 0. The van der Waals surface area contributed by atoms with Crippen molar-refractivity contribution >= 4 is 0 Å². The molecule has 1 heteroatoms. The SMILES string of the molecule is C/C=C(N)\C=C/C(C)C.CC. The molecule has 0 saturated carbocycles. The van der Waals surface area contributed by atoms with E-state index in [4.69, 9.17) is 5.73 Å². The molecule has 0 unspecified atom stereocenters. The molecule has 0 radical (unpaired) electrons. The highest BCUT2D eigenvalue weighted by Gasteiger charge is 1.82. The third-order valence-electron chi connectivity index (χ3n) is 1.01. The summed E-state index contributed by atoms with van der Waals surface area (Å²) in [4.78, 5) is 0. The lowest BCUT2D eigenvalue weighted by molar-refractivity contribution is 0.830. The lowest BCUT2D eigenvalue weighted by atomic mass is 10.2. The molecule has 11 heavy (non-hydrogen) atoms. The van der Waals surface area contributed by atoms with Crippen molar-refractivity contribution in [2.75, 3.05) is 0 Å². The second kappa shape index (κ2) is 9.28. The highest BCUT2D eigenvalue weighted by molar-refractivity contribution is 5.13. The minimum Gasteiger partial charge on any atom is -0.399 e. The Morgan fingerprint density at radius 3 is 2.00 bits per heavy atom. The van der Waals surface area contributed by atoms with E-state index in [9.17, 15) is 0 Å². The van der Waals surface area contributed by atoms with E-state index in [2.05, 4.69) is 19.9 Å². The van der Waals surface area contributed by atoms with Gasteiger partial charge in [0, 0.05) is 5.70 Å². The van der Waals surface area contributed by atoms with Gasteiger partial charge in [0.15, 0.2) is 0 Å². The maximum atomic E-state index is 5.50. The van der Waals surface area contributed by atoms with E-state index in [-0.39, 0.29) is 0 Å². The zero-order valence-corrected chi connectivity index (χ0v) is 8.39. The first-order chi connectivity index (χ1) is 5.16. The zero-order chi connectivity index (χ0) is 9.28. The van der Waals surface area contributed by atoms with Crippen LogP contribution >= 0.6 is 0 Å². The van der Waals surface area contributed by atoms with Gasteiger partial charge in [-0.15, -0.1) is 0 Å². The monoisotopic (exact) mass is 155 g/mol. The first-order valence-electron chi connectivity index (χ1n) is 4.26. The Balaban J connectivity index is 0. The molecule has 0 aliphatic rings. The molecule has 0 bridgehead atoms. The van der Waals surface area contributed by atoms with Crippen LogP contribution in [0, 0.1) is 5.92 Å². The van der Waals surface area contributed by atoms with E-state index in [1.807, 2.05) is 32.9 Å². The second-order valence-electron chi connectivity index (χ2n) is 2.39. The molecule has 0 fully saturated rings. The molecule has 0 saturated heterocycles. The number of hydrogen-bond acceptors (Lipinski definition) is 1. The molecular weight excluding hydrogens is 134 g/mol. The molecule has 0 rings (SSSR count). The van der Waals surface area contributed by atoms with Crippen LogP contribution in [0.5, 0.6) is 0 Å². The van der Waals surface area contributed by atoms with Crippen molar-refractivity contribution in [1.29, 1.82) is 0 Å². The summed E-state index contributed by atoms with van der Waals surface area (Å²) in [5.74, 6) is 0.587. The molecule has 0 aromatic heterocycles. The predicted molar refractivity (Wildman–Crippen MR) is 53.3 cm³/mol. The molecule has 0 amide bonds. The minimum atomic E-state index is 0.587. The van der Waals surface area contributed by atoms with Gasteiger partial charge in [0.05, 0.1) is 0 Å². The van der Waals surface area contributed by atoms with Gasteiger partial charge in [-0.1, -0.05) is 39.8 Å². The van der Waals surface area contributed by atoms with Gasteiger partial charge in [0.1, 0.15) is 0 Å². The molecule has 0 aliphatic carbocycles. The van der Waals surface area contributed by atoms with Crippen molar-refractivity contribution in [2.24, 2.45) is 11.7 Å². The second-order valence-corrected chi connectivity index (χ2v) is 2.39. The van der Waals surface area contributed by atoms with Gasteiger partial charge in [-0.3, -0.25) is 0 Å². The summed E-state index contributed by atoms with van der Waals surface area (Å²) in [5, 5.41) is 0. The summed E-state index contributed by atoms with van der Waals surface area (Å²) in [7, 11) is 0. The van der Waals surface area contributed by atoms with Crippen molar-refractivity contribution < 1.29 is 0 Å². The number of allylic oxidation sites excluding steroid dienone is 3. The van der Waals surface area contributed by atoms with Crippen LogP contribution in [0.3, 0.4) is 0 Å². The molecular formula is C10H21N. The van der Waals surface area contributed by atoms with Gasteiger partial charge in [-0.2, -0.15) is 0 Å². The van der Waals surface area contributed by atoms with Gasteiger partial charge < -0.3 is 5.73 Å². The average molecular weight is 155 g/mol. The Morgan fingerprint density at radius 1 is 1.27 bits per heavy atom. The quantitative estimate of drug-likeness (QED) is 0.609. The number of hydrogen-bond donors (Lipinski definition) is 1. The fraction of sp³-hybridized carbons (Fsp3) is 0.600. The van der Waals surface area contributed by atoms with Crippen molar-refractivity contribution in [3.05, 3.63) is 23.9 Å². The highest BCUT2D eigenvalue weighted by atomic mass is 14.5. The van der Waals surface area contributed by atoms with E-state index in [1.165, 1.54) is 0 Å². The molecule has 0 aromatic carbocycles. The largest absolute Gasteiger partial charge is 0.399 e. The number of rotatable bonds is 2. The number of nitrogens with two attached hydrogens (primary N) is 1. The standard InChI is InChI=1S/C8H15N.C2H6/c1-4-8(9)6-5-7(2)3;1-2/h4-7H,9H2,1-3H3;1-2H3/b6-5-,8-4+;. The van der Waals surface area contributed by atoms with Crippen LogP contribution in [-0.4, -0.2) is 0 Å². The van der Waals surface area contributed by atoms with Crippen molar-refractivity contribution in [3.63, 3.8) is 0 Å². The van der Waals surface area contributed by atoms with E-state index < -0.39 is 0 Å². The molecule has 0 heterocycles. The minimum absolute atomic E-state index is 0.587. The van der Waals surface area contributed by atoms with E-state index >= 15 is 0 Å². The van der Waals surface area contributed by atoms with Gasteiger partial charge >= 0.3 is 0 Å². The Hall–Kier alpha value is -0.720. The third-order valence-corrected chi connectivity index (χ3v) is 1.01. The Labute approximate surface area is 71.0 Å². The van der Waals surface area contributed by atoms with Crippen molar-refractivity contribution in [2.45, 2.75) is 34.6 Å². The lowest BCUT2D eigenvalue weighted by Gasteiger charge is -1.92. The summed E-state index contributed by atoms with van der Waals surface area (Å²) in [5.41, 5.74) is 6.33. The summed E-state index contributed by atoms with van der Waals surface area (Å²) >= 11 is 0. The molecule has 0 aromatic rings. The average Bonchev–Trinajstić information content (AvgIpc) is 2.04.